The molecule has 6 N–H and O–H groups in total. The van der Waals surface area contributed by atoms with E-state index in [1.165, 1.54) is 11.1 Å². The fourth-order valence-corrected chi connectivity index (χ4v) is 3.30. The van der Waals surface area contributed by atoms with Crippen molar-refractivity contribution in [2.24, 2.45) is 0 Å². The third kappa shape index (κ3) is 29.9. The highest BCUT2D eigenvalue weighted by molar-refractivity contribution is 7.60. The minimum absolute atomic E-state index is 0.261. The van der Waals surface area contributed by atoms with Crippen LogP contribution in [-0.2, 0) is 22.5 Å². The molecule has 0 aliphatic rings. The Morgan fingerprint density at radius 3 is 1.59 bits per heavy atom. The zero-order valence-corrected chi connectivity index (χ0v) is 19.5. The number of allylic oxidation sites excluding steroid dienone is 5. The molecule has 0 aliphatic heterocycles. The molecule has 0 amide bonds. The van der Waals surface area contributed by atoms with Crippen LogP contribution in [0.5, 0.6) is 0 Å². The average Bonchev–Trinajstić information content (AvgIpc) is 2.42. The molecule has 11 nitrogen and oxygen atoms in total. The van der Waals surface area contributed by atoms with Gasteiger partial charge in [-0.25, -0.2) is 13.7 Å². The van der Waals surface area contributed by atoms with Gasteiger partial charge in [-0.05, 0) is 53.4 Å². The van der Waals surface area contributed by atoms with Crippen molar-refractivity contribution in [3.05, 3.63) is 34.9 Å². The summed E-state index contributed by atoms with van der Waals surface area (Å²) in [5, 5.41) is 0. The summed E-state index contributed by atoms with van der Waals surface area (Å²) >= 11 is 0. The van der Waals surface area contributed by atoms with Gasteiger partial charge < -0.3 is 29.4 Å². The molecule has 14 heteroatoms. The largest absolute Gasteiger partial charge is 0.481 e. The molecule has 0 aromatic heterocycles. The first-order chi connectivity index (χ1) is 12.9. The number of rotatable bonds is 11. The molecule has 0 aromatic carbocycles. The van der Waals surface area contributed by atoms with Gasteiger partial charge in [0.1, 0.15) is 0 Å². The van der Waals surface area contributed by atoms with E-state index < -0.39 is 23.5 Å². The van der Waals surface area contributed by atoms with Crippen LogP contribution in [0.3, 0.4) is 0 Å². The van der Waals surface area contributed by atoms with Gasteiger partial charge in [0, 0.05) is 0 Å². The molecule has 0 fully saturated rings. The lowest BCUT2D eigenvalue weighted by molar-refractivity contribution is 0.191. The van der Waals surface area contributed by atoms with E-state index in [1.807, 2.05) is 6.92 Å². The molecular formula is C15H31O11P3. The van der Waals surface area contributed by atoms with E-state index in [0.29, 0.717) is 0 Å². The molecule has 0 bridgehead atoms. The van der Waals surface area contributed by atoms with Gasteiger partial charge in [0.2, 0.25) is 0 Å². The van der Waals surface area contributed by atoms with E-state index in [-0.39, 0.29) is 6.61 Å². The SMILES string of the molecule is CC(C)=CCCC(C)=CCCC(C)=CCOP(=O)(O)OP(=O)(O)O.O=P(O)(O)O. The second-order valence-corrected chi connectivity index (χ2v) is 10.2. The number of phosphoric acid groups is 3. The summed E-state index contributed by atoms with van der Waals surface area (Å²) < 4.78 is 38.8. The second-order valence-electron chi connectivity index (χ2n) is 6.31. The maximum absolute atomic E-state index is 11.2. The van der Waals surface area contributed by atoms with Crippen LogP contribution < -0.4 is 0 Å². The fourth-order valence-electron chi connectivity index (χ4n) is 1.77. The van der Waals surface area contributed by atoms with Crippen LogP contribution in [0.4, 0.5) is 0 Å². The van der Waals surface area contributed by atoms with Crippen LogP contribution in [0.1, 0.15) is 53.4 Å². The second kappa shape index (κ2) is 14.6. The lowest BCUT2D eigenvalue weighted by Crippen LogP contribution is -1.94. The van der Waals surface area contributed by atoms with Gasteiger partial charge >= 0.3 is 23.5 Å². The zero-order chi connectivity index (χ0) is 23.3. The van der Waals surface area contributed by atoms with Crippen LogP contribution >= 0.6 is 23.5 Å². The molecule has 1 atom stereocenters. The quantitative estimate of drug-likeness (QED) is 0.187. The van der Waals surface area contributed by atoms with Crippen molar-refractivity contribution in [1.82, 2.24) is 0 Å². The standard InChI is InChI=1S/C15H28O7P2.H3O4P/c1-13(2)7-5-8-14(3)9-6-10-15(4)11-12-21-24(19,20)22-23(16,17)18;1-5(2,3)4/h7,9,11H,5-6,8,10,12H2,1-4H3,(H,19,20)(H2,16,17,18);(H3,1,2,3,4). The Hall–Kier alpha value is -0.410. The molecule has 172 valence electrons. The number of phosphoric ester groups is 1. The summed E-state index contributed by atoms with van der Waals surface area (Å²) in [4.78, 5) is 47.6. The molecule has 0 aromatic rings. The first-order valence-corrected chi connectivity index (χ1v) is 13.0. The van der Waals surface area contributed by atoms with Crippen LogP contribution in [0, 0.1) is 0 Å². The Morgan fingerprint density at radius 1 is 0.759 bits per heavy atom. The Morgan fingerprint density at radius 2 is 1.17 bits per heavy atom. The van der Waals surface area contributed by atoms with Gasteiger partial charge in [0.25, 0.3) is 0 Å². The Balaban J connectivity index is 0. The van der Waals surface area contributed by atoms with Gasteiger partial charge in [-0.2, -0.15) is 4.31 Å². The van der Waals surface area contributed by atoms with Crippen LogP contribution in [-0.4, -0.2) is 36.0 Å². The summed E-state index contributed by atoms with van der Waals surface area (Å²) in [6, 6.07) is 0. The van der Waals surface area contributed by atoms with E-state index in [4.69, 9.17) is 33.9 Å². The maximum atomic E-state index is 11.2. The average molecular weight is 480 g/mol. The van der Waals surface area contributed by atoms with Gasteiger partial charge in [0.05, 0.1) is 6.61 Å². The summed E-state index contributed by atoms with van der Waals surface area (Å²) in [5.74, 6) is 0. The Labute approximate surface area is 170 Å². The molecule has 0 saturated carbocycles. The lowest BCUT2D eigenvalue weighted by atomic mass is 10.1. The van der Waals surface area contributed by atoms with Gasteiger partial charge in [0.15, 0.2) is 0 Å². The summed E-state index contributed by atoms with van der Waals surface area (Å²) in [6.45, 7) is 7.82. The molecule has 29 heavy (non-hydrogen) atoms. The van der Waals surface area contributed by atoms with Crippen LogP contribution in [0.25, 0.3) is 0 Å². The van der Waals surface area contributed by atoms with Crippen LogP contribution in [0.15, 0.2) is 34.9 Å². The molecule has 0 heterocycles. The van der Waals surface area contributed by atoms with E-state index >= 15 is 0 Å². The lowest BCUT2D eigenvalue weighted by Gasteiger charge is -2.11. The third-order valence-corrected chi connectivity index (χ3v) is 5.15. The smallest absolute Gasteiger partial charge is 0.303 e. The van der Waals surface area contributed by atoms with E-state index in [1.54, 1.807) is 6.08 Å². The minimum Gasteiger partial charge on any atom is -0.303 e. The maximum Gasteiger partial charge on any atom is 0.481 e. The Kier molecular flexibility index (Phi) is 15.5. The van der Waals surface area contributed by atoms with Crippen molar-refractivity contribution in [3.63, 3.8) is 0 Å². The molecule has 0 saturated heterocycles. The minimum atomic E-state index is -5.07. The van der Waals surface area contributed by atoms with Crippen molar-refractivity contribution < 1.29 is 51.9 Å². The van der Waals surface area contributed by atoms with Crippen molar-refractivity contribution in [2.45, 2.75) is 53.4 Å². The highest BCUT2D eigenvalue weighted by atomic mass is 31.3. The normalized spacial score (nSPS) is 15.2. The summed E-state index contributed by atoms with van der Waals surface area (Å²) in [7, 11) is -14.5. The molecule has 0 aliphatic carbocycles. The third-order valence-electron chi connectivity index (χ3n) is 3.00. The van der Waals surface area contributed by atoms with Gasteiger partial charge in [-0.15, -0.1) is 0 Å². The topological polar surface area (TPSA) is 191 Å². The van der Waals surface area contributed by atoms with Gasteiger partial charge in [-0.3, -0.25) is 4.52 Å². The summed E-state index contributed by atoms with van der Waals surface area (Å²) in [5.41, 5.74) is 3.57. The first-order valence-electron chi connectivity index (χ1n) is 8.38. The highest BCUT2D eigenvalue weighted by Gasteiger charge is 2.31. The summed E-state index contributed by atoms with van der Waals surface area (Å²) in [6.07, 6.45) is 9.59. The molecule has 0 spiro atoms. The molecule has 1 unspecified atom stereocenters. The Bertz CT molecular complexity index is 703. The molecule has 0 radical (unpaired) electrons. The number of hydrogen-bond acceptors (Lipinski definition) is 5. The van der Waals surface area contributed by atoms with E-state index in [2.05, 4.69) is 41.8 Å². The monoisotopic (exact) mass is 480 g/mol. The van der Waals surface area contributed by atoms with E-state index in [0.717, 1.165) is 31.3 Å². The van der Waals surface area contributed by atoms with Crippen molar-refractivity contribution in [3.8, 4) is 0 Å². The molecule has 0 rings (SSSR count). The first kappa shape index (κ1) is 30.8. The fraction of sp³-hybridized carbons (Fsp3) is 0.600. The van der Waals surface area contributed by atoms with Crippen molar-refractivity contribution in [2.75, 3.05) is 6.61 Å². The highest BCUT2D eigenvalue weighted by Crippen LogP contribution is 2.57. The predicted molar refractivity (Wildman–Crippen MR) is 109 cm³/mol. The molecular weight excluding hydrogens is 449 g/mol. The predicted octanol–water partition coefficient (Wildman–Crippen LogP) is 3.70. The van der Waals surface area contributed by atoms with Crippen LogP contribution in [0.2, 0.25) is 0 Å². The van der Waals surface area contributed by atoms with E-state index in [9.17, 15) is 9.13 Å². The van der Waals surface area contributed by atoms with Crippen molar-refractivity contribution >= 4 is 23.5 Å². The van der Waals surface area contributed by atoms with Gasteiger partial charge in [-0.1, -0.05) is 34.9 Å². The zero-order valence-electron chi connectivity index (χ0n) is 16.8. The number of hydrogen-bond donors (Lipinski definition) is 6. The van der Waals surface area contributed by atoms with Crippen molar-refractivity contribution in [1.29, 1.82) is 0 Å².